The molecule has 0 aromatic carbocycles. The molecule has 0 unspecified atom stereocenters. The lowest BCUT2D eigenvalue weighted by Gasteiger charge is -2.28. The van der Waals surface area contributed by atoms with Gasteiger partial charge in [0.15, 0.2) is 0 Å². The molecule has 0 atom stereocenters. The Labute approximate surface area is 126 Å². The maximum Gasteiger partial charge on any atom is 0.276 e. The average molecular weight is 304 g/mol. The molecule has 8 heteroatoms. The van der Waals surface area contributed by atoms with Crippen LogP contribution in [0.1, 0.15) is 37.9 Å². The zero-order valence-electron chi connectivity index (χ0n) is 12.3. The lowest BCUT2D eigenvalue weighted by molar-refractivity contribution is 0.0701. The van der Waals surface area contributed by atoms with Gasteiger partial charge < -0.3 is 14.0 Å². The number of hydrogen-bond donors (Lipinski definition) is 2. The van der Waals surface area contributed by atoms with Crippen LogP contribution in [-0.2, 0) is 13.1 Å². The maximum atomic E-state index is 12.6. The number of carbonyl (C=O) groups is 2. The van der Waals surface area contributed by atoms with Crippen LogP contribution >= 0.6 is 0 Å². The average Bonchev–Trinajstić information content (AvgIpc) is 3.08. The van der Waals surface area contributed by atoms with Crippen molar-refractivity contribution in [3.63, 3.8) is 0 Å². The predicted molar refractivity (Wildman–Crippen MR) is 74.4 cm³/mol. The largest absolute Gasteiger partial charge is 0.361 e. The molecule has 3 rings (SSSR count). The fourth-order valence-corrected chi connectivity index (χ4v) is 2.71. The molecular formula is C14H16N4O4. The summed E-state index contributed by atoms with van der Waals surface area (Å²) in [5, 5.41) is 12.5. The monoisotopic (exact) mass is 304 g/mol. The van der Waals surface area contributed by atoms with Gasteiger partial charge in [-0.2, -0.15) is 0 Å². The number of aryl methyl sites for hydroxylation is 2. The summed E-state index contributed by atoms with van der Waals surface area (Å²) in [6.45, 7) is 4.96. The first-order valence-electron chi connectivity index (χ1n) is 6.87. The molecule has 2 aromatic rings. The van der Waals surface area contributed by atoms with Crippen molar-refractivity contribution >= 4 is 11.8 Å². The van der Waals surface area contributed by atoms with Gasteiger partial charge in [0.2, 0.25) is 0 Å². The third kappa shape index (κ3) is 2.27. The normalized spacial score (nSPS) is 13.9. The predicted octanol–water partition coefficient (Wildman–Crippen LogP) is 0.868. The van der Waals surface area contributed by atoms with E-state index in [2.05, 4.69) is 5.16 Å². The van der Waals surface area contributed by atoms with Crippen LogP contribution < -0.4 is 5.48 Å². The van der Waals surface area contributed by atoms with Gasteiger partial charge in [0.25, 0.3) is 11.8 Å². The minimum absolute atomic E-state index is 0.128. The van der Waals surface area contributed by atoms with Crippen LogP contribution in [0.4, 0.5) is 0 Å². The van der Waals surface area contributed by atoms with E-state index >= 15 is 0 Å². The second-order valence-corrected chi connectivity index (χ2v) is 5.28. The third-order valence-corrected chi connectivity index (χ3v) is 3.85. The number of hydrogen-bond acceptors (Lipinski definition) is 5. The van der Waals surface area contributed by atoms with Gasteiger partial charge in [0.1, 0.15) is 11.3 Å². The van der Waals surface area contributed by atoms with Gasteiger partial charge in [-0.15, -0.1) is 0 Å². The molecule has 22 heavy (non-hydrogen) atoms. The van der Waals surface area contributed by atoms with Crippen LogP contribution in [0.5, 0.6) is 0 Å². The number of nitrogens with zero attached hydrogens (tertiary/aromatic N) is 3. The van der Waals surface area contributed by atoms with Gasteiger partial charge in [0, 0.05) is 25.0 Å². The summed E-state index contributed by atoms with van der Waals surface area (Å²) in [7, 11) is 0. The highest BCUT2D eigenvalue weighted by atomic mass is 16.5. The Hall–Kier alpha value is -2.61. The van der Waals surface area contributed by atoms with Gasteiger partial charge in [-0.05, 0) is 19.9 Å². The maximum absolute atomic E-state index is 12.6. The zero-order valence-corrected chi connectivity index (χ0v) is 12.3. The van der Waals surface area contributed by atoms with Crippen LogP contribution in [0.3, 0.4) is 0 Å². The van der Waals surface area contributed by atoms with E-state index in [0.29, 0.717) is 42.2 Å². The lowest BCUT2D eigenvalue weighted by atomic mass is 10.1. The van der Waals surface area contributed by atoms with E-state index in [1.807, 2.05) is 4.57 Å². The molecule has 0 saturated heterocycles. The smallest absolute Gasteiger partial charge is 0.276 e. The topological polar surface area (TPSA) is 101 Å². The van der Waals surface area contributed by atoms with Crippen LogP contribution in [0.15, 0.2) is 16.8 Å². The van der Waals surface area contributed by atoms with Crippen LogP contribution in [0, 0.1) is 13.8 Å². The van der Waals surface area contributed by atoms with Crippen LogP contribution in [0.25, 0.3) is 0 Å². The van der Waals surface area contributed by atoms with Gasteiger partial charge in [-0.3, -0.25) is 14.8 Å². The summed E-state index contributed by atoms with van der Waals surface area (Å²) in [6, 6.07) is 1.67. The van der Waals surface area contributed by atoms with Crippen molar-refractivity contribution in [1.82, 2.24) is 20.1 Å². The van der Waals surface area contributed by atoms with E-state index in [1.54, 1.807) is 36.5 Å². The van der Waals surface area contributed by atoms with Crippen molar-refractivity contribution in [3.8, 4) is 0 Å². The Morgan fingerprint density at radius 1 is 1.36 bits per heavy atom. The highest BCUT2D eigenvalue weighted by Crippen LogP contribution is 2.21. The second kappa shape index (κ2) is 5.30. The van der Waals surface area contributed by atoms with E-state index in [1.165, 1.54) is 0 Å². The van der Waals surface area contributed by atoms with E-state index < -0.39 is 5.91 Å². The van der Waals surface area contributed by atoms with Crippen molar-refractivity contribution in [1.29, 1.82) is 0 Å². The summed E-state index contributed by atoms with van der Waals surface area (Å²) in [6.07, 6.45) is 1.67. The Bertz CT molecular complexity index is 727. The SMILES string of the molecule is Cc1noc(C)c1C(=O)N1CCn2cc(C(=O)NO)cc2C1. The molecule has 0 saturated carbocycles. The molecule has 0 spiro atoms. The quantitative estimate of drug-likeness (QED) is 0.633. The minimum atomic E-state index is -0.564. The standard InChI is InChI=1S/C14H16N4O4/c1-8-12(9(2)22-16-8)14(20)18-4-3-17-6-10(13(19)15-21)5-11(17)7-18/h5-6,21H,3-4,7H2,1-2H3,(H,15,19). The van der Waals surface area contributed by atoms with E-state index in [4.69, 9.17) is 9.73 Å². The van der Waals surface area contributed by atoms with Crippen molar-refractivity contribution < 1.29 is 19.3 Å². The first-order chi connectivity index (χ1) is 10.5. The molecule has 0 radical (unpaired) electrons. The number of carbonyl (C=O) groups excluding carboxylic acids is 2. The van der Waals surface area contributed by atoms with Gasteiger partial charge in [0.05, 0.1) is 17.8 Å². The summed E-state index contributed by atoms with van der Waals surface area (Å²) >= 11 is 0. The van der Waals surface area contributed by atoms with Gasteiger partial charge >= 0.3 is 0 Å². The molecule has 0 aliphatic carbocycles. The molecular weight excluding hydrogens is 288 g/mol. The Morgan fingerprint density at radius 3 is 2.77 bits per heavy atom. The Morgan fingerprint density at radius 2 is 2.14 bits per heavy atom. The van der Waals surface area contributed by atoms with Gasteiger partial charge in [-0.25, -0.2) is 5.48 Å². The molecule has 2 aromatic heterocycles. The summed E-state index contributed by atoms with van der Waals surface area (Å²) < 4.78 is 6.95. The summed E-state index contributed by atoms with van der Waals surface area (Å²) in [5.41, 5.74) is 3.88. The van der Waals surface area contributed by atoms with E-state index in [0.717, 1.165) is 5.69 Å². The van der Waals surface area contributed by atoms with Crippen molar-refractivity contribution in [2.45, 2.75) is 26.9 Å². The number of aromatic nitrogens is 2. The molecule has 1 aliphatic heterocycles. The second-order valence-electron chi connectivity index (χ2n) is 5.28. The summed E-state index contributed by atoms with van der Waals surface area (Å²) in [5.74, 6) is -0.189. The Balaban J connectivity index is 1.84. The van der Waals surface area contributed by atoms with Crippen LogP contribution in [-0.4, -0.2) is 38.2 Å². The number of rotatable bonds is 2. The number of nitrogens with one attached hydrogen (secondary N) is 1. The summed E-state index contributed by atoms with van der Waals surface area (Å²) in [4.78, 5) is 25.8. The first kappa shape index (κ1) is 14.3. The van der Waals surface area contributed by atoms with Gasteiger partial charge in [-0.1, -0.05) is 5.16 Å². The molecule has 0 bridgehead atoms. The number of hydroxylamine groups is 1. The van der Waals surface area contributed by atoms with E-state index in [9.17, 15) is 9.59 Å². The molecule has 8 nitrogen and oxygen atoms in total. The molecule has 3 heterocycles. The highest BCUT2D eigenvalue weighted by molar-refractivity contribution is 5.96. The molecule has 2 N–H and O–H groups in total. The molecule has 2 amide bonds. The van der Waals surface area contributed by atoms with Crippen molar-refractivity contribution in [2.24, 2.45) is 0 Å². The first-order valence-corrected chi connectivity index (χ1v) is 6.87. The minimum Gasteiger partial charge on any atom is -0.361 e. The van der Waals surface area contributed by atoms with Crippen LogP contribution in [0.2, 0.25) is 0 Å². The number of amides is 2. The van der Waals surface area contributed by atoms with Crippen molar-refractivity contribution in [3.05, 3.63) is 40.5 Å². The lowest BCUT2D eigenvalue weighted by Crippen LogP contribution is -2.38. The number of fused-ring (bicyclic) bond motifs is 1. The third-order valence-electron chi connectivity index (χ3n) is 3.85. The highest BCUT2D eigenvalue weighted by Gasteiger charge is 2.27. The molecule has 0 fully saturated rings. The van der Waals surface area contributed by atoms with Crippen molar-refractivity contribution in [2.75, 3.05) is 6.54 Å². The fourth-order valence-electron chi connectivity index (χ4n) is 2.71. The molecule has 116 valence electrons. The molecule has 1 aliphatic rings. The zero-order chi connectivity index (χ0) is 15.9. The fraction of sp³-hybridized carbons (Fsp3) is 0.357. The Kier molecular flexibility index (Phi) is 3.45. The van der Waals surface area contributed by atoms with E-state index in [-0.39, 0.29) is 5.91 Å².